The number of aromatic nitrogens is 1. The van der Waals surface area contributed by atoms with Crippen LogP contribution in [0.15, 0.2) is 42.5 Å². The van der Waals surface area contributed by atoms with Crippen molar-refractivity contribution in [1.29, 1.82) is 0 Å². The highest BCUT2D eigenvalue weighted by Gasteiger charge is 2.33. The van der Waals surface area contributed by atoms with Gasteiger partial charge in [-0.3, -0.25) is 9.78 Å². The van der Waals surface area contributed by atoms with Gasteiger partial charge in [0.1, 0.15) is 0 Å². The molecule has 2 heterocycles. The molecule has 1 fully saturated rings. The van der Waals surface area contributed by atoms with Crippen molar-refractivity contribution >= 4 is 5.91 Å². The molecule has 0 saturated heterocycles. The van der Waals surface area contributed by atoms with E-state index in [1.54, 1.807) is 0 Å². The summed E-state index contributed by atoms with van der Waals surface area (Å²) in [4.78, 5) is 19.9. The molecule has 29 heavy (non-hydrogen) atoms. The molecule has 2 N–H and O–H groups in total. The number of benzene rings is 1. The average molecular weight is 394 g/mol. The maximum atomic E-state index is 13.2. The third kappa shape index (κ3) is 4.51. The van der Waals surface area contributed by atoms with E-state index in [-0.39, 0.29) is 18.5 Å². The predicted octanol–water partition coefficient (Wildman–Crippen LogP) is 3.15. The molecular formula is C24H31N3O2. The van der Waals surface area contributed by atoms with Crippen LogP contribution in [0.3, 0.4) is 0 Å². The molecule has 5 heteroatoms. The normalized spacial score (nSPS) is 20.9. The molecule has 154 valence electrons. The second-order valence-corrected chi connectivity index (χ2v) is 8.53. The molecule has 0 radical (unpaired) electrons. The summed E-state index contributed by atoms with van der Waals surface area (Å²) in [6, 6.07) is 14.2. The van der Waals surface area contributed by atoms with Gasteiger partial charge in [-0.15, -0.1) is 0 Å². The fraction of sp³-hybridized carbons (Fsp3) is 0.500. The van der Waals surface area contributed by atoms with E-state index in [4.69, 9.17) is 4.98 Å². The van der Waals surface area contributed by atoms with Crippen LogP contribution >= 0.6 is 0 Å². The zero-order valence-electron chi connectivity index (χ0n) is 17.2. The molecule has 1 unspecified atom stereocenters. The van der Waals surface area contributed by atoms with Crippen molar-refractivity contribution in [3.8, 4) is 0 Å². The molecule has 0 spiro atoms. The van der Waals surface area contributed by atoms with E-state index in [1.165, 1.54) is 12.0 Å². The van der Waals surface area contributed by atoms with Crippen LogP contribution in [-0.4, -0.2) is 46.1 Å². The third-order valence-electron chi connectivity index (χ3n) is 6.31. The number of amides is 1. The molecular weight excluding hydrogens is 362 g/mol. The highest BCUT2D eigenvalue weighted by Crippen LogP contribution is 2.34. The summed E-state index contributed by atoms with van der Waals surface area (Å²) in [5.41, 5.74) is 3.65. The van der Waals surface area contributed by atoms with Crippen molar-refractivity contribution in [3.63, 3.8) is 0 Å². The summed E-state index contributed by atoms with van der Waals surface area (Å²) in [5, 5.41) is 13.9. The number of rotatable bonds is 5. The Hall–Kier alpha value is -2.24. The molecule has 4 rings (SSSR count). The SMILES string of the molecule is Cc1cccc(C2c3ccccc3CCN2C(=O)CNCC2(O)CCCCC2)n1. The second-order valence-electron chi connectivity index (χ2n) is 8.53. The summed E-state index contributed by atoms with van der Waals surface area (Å²) in [6.45, 7) is 3.39. The van der Waals surface area contributed by atoms with Gasteiger partial charge in [-0.1, -0.05) is 49.6 Å². The average Bonchev–Trinajstić information content (AvgIpc) is 2.73. The van der Waals surface area contributed by atoms with Gasteiger partial charge in [0.25, 0.3) is 0 Å². The molecule has 1 aromatic carbocycles. The maximum Gasteiger partial charge on any atom is 0.237 e. The smallest absolute Gasteiger partial charge is 0.237 e. The first-order valence-corrected chi connectivity index (χ1v) is 10.8. The summed E-state index contributed by atoms with van der Waals surface area (Å²) < 4.78 is 0. The number of nitrogens with zero attached hydrogens (tertiary/aromatic N) is 2. The number of pyridine rings is 1. The van der Waals surface area contributed by atoms with E-state index >= 15 is 0 Å². The highest BCUT2D eigenvalue weighted by molar-refractivity contribution is 5.79. The molecule has 1 saturated carbocycles. The van der Waals surface area contributed by atoms with E-state index in [0.29, 0.717) is 13.1 Å². The van der Waals surface area contributed by atoms with Crippen LogP contribution in [0, 0.1) is 6.92 Å². The second kappa shape index (κ2) is 8.64. The lowest BCUT2D eigenvalue weighted by molar-refractivity contribution is -0.132. The lowest BCUT2D eigenvalue weighted by atomic mass is 9.85. The minimum atomic E-state index is -0.662. The fourth-order valence-electron chi connectivity index (χ4n) is 4.76. The maximum absolute atomic E-state index is 13.2. The van der Waals surface area contributed by atoms with Crippen molar-refractivity contribution in [2.45, 2.75) is 57.1 Å². The molecule has 1 aliphatic heterocycles. The Bertz CT molecular complexity index is 861. The van der Waals surface area contributed by atoms with Crippen molar-refractivity contribution in [1.82, 2.24) is 15.2 Å². The van der Waals surface area contributed by atoms with Crippen LogP contribution in [-0.2, 0) is 11.2 Å². The minimum absolute atomic E-state index is 0.0622. The lowest BCUT2D eigenvalue weighted by Gasteiger charge is -2.38. The quantitative estimate of drug-likeness (QED) is 0.819. The Morgan fingerprint density at radius 2 is 1.97 bits per heavy atom. The van der Waals surface area contributed by atoms with Gasteiger partial charge in [0.05, 0.1) is 23.9 Å². The zero-order valence-corrected chi connectivity index (χ0v) is 17.2. The van der Waals surface area contributed by atoms with E-state index in [1.807, 2.05) is 36.1 Å². The number of hydrogen-bond acceptors (Lipinski definition) is 4. The van der Waals surface area contributed by atoms with Gasteiger partial charge in [-0.2, -0.15) is 0 Å². The van der Waals surface area contributed by atoms with Gasteiger partial charge in [-0.05, 0) is 49.4 Å². The highest BCUT2D eigenvalue weighted by atomic mass is 16.3. The first-order chi connectivity index (χ1) is 14.1. The van der Waals surface area contributed by atoms with Crippen LogP contribution in [0.5, 0.6) is 0 Å². The predicted molar refractivity (Wildman–Crippen MR) is 114 cm³/mol. The van der Waals surface area contributed by atoms with Crippen molar-refractivity contribution in [2.24, 2.45) is 0 Å². The first kappa shape index (κ1) is 20.0. The summed E-state index contributed by atoms with van der Waals surface area (Å²) in [7, 11) is 0. The van der Waals surface area contributed by atoms with Gasteiger partial charge >= 0.3 is 0 Å². The molecule has 1 aliphatic carbocycles. The molecule has 1 atom stereocenters. The zero-order chi connectivity index (χ0) is 20.3. The van der Waals surface area contributed by atoms with Crippen LogP contribution in [0.2, 0.25) is 0 Å². The van der Waals surface area contributed by atoms with E-state index in [0.717, 1.165) is 49.1 Å². The van der Waals surface area contributed by atoms with Gasteiger partial charge in [-0.25, -0.2) is 0 Å². The van der Waals surface area contributed by atoms with Crippen LogP contribution < -0.4 is 5.32 Å². The number of carbonyl (C=O) groups is 1. The summed E-state index contributed by atoms with van der Waals surface area (Å²) >= 11 is 0. The van der Waals surface area contributed by atoms with Crippen molar-refractivity contribution in [3.05, 3.63) is 65.0 Å². The first-order valence-electron chi connectivity index (χ1n) is 10.8. The minimum Gasteiger partial charge on any atom is -0.389 e. The number of aliphatic hydroxyl groups is 1. The fourth-order valence-corrected chi connectivity index (χ4v) is 4.76. The molecule has 5 nitrogen and oxygen atoms in total. The summed E-state index contributed by atoms with van der Waals surface area (Å²) in [5.74, 6) is 0.0622. The van der Waals surface area contributed by atoms with Gasteiger partial charge < -0.3 is 15.3 Å². The number of nitrogens with one attached hydrogen (secondary N) is 1. The summed E-state index contributed by atoms with van der Waals surface area (Å²) in [6.07, 6.45) is 5.82. The standard InChI is InChI=1S/C24H31N3O2/c1-18-8-7-11-21(26-18)23-20-10-4-3-9-19(20)12-15-27(23)22(28)16-25-17-24(29)13-5-2-6-14-24/h3-4,7-11,23,25,29H,2,5-6,12-17H2,1H3. The lowest BCUT2D eigenvalue weighted by Crippen LogP contribution is -2.48. The molecule has 1 amide bonds. The van der Waals surface area contributed by atoms with E-state index < -0.39 is 5.60 Å². The molecule has 1 aromatic heterocycles. The Morgan fingerprint density at radius 3 is 2.76 bits per heavy atom. The Morgan fingerprint density at radius 1 is 1.17 bits per heavy atom. The van der Waals surface area contributed by atoms with Gasteiger partial charge in [0.15, 0.2) is 0 Å². The Balaban J connectivity index is 1.51. The largest absolute Gasteiger partial charge is 0.389 e. The van der Waals surface area contributed by atoms with Crippen LogP contribution in [0.25, 0.3) is 0 Å². The van der Waals surface area contributed by atoms with Gasteiger partial charge in [0.2, 0.25) is 5.91 Å². The Kier molecular flexibility index (Phi) is 5.97. The van der Waals surface area contributed by atoms with Crippen LogP contribution in [0.4, 0.5) is 0 Å². The third-order valence-corrected chi connectivity index (χ3v) is 6.31. The van der Waals surface area contributed by atoms with Crippen molar-refractivity contribution < 1.29 is 9.90 Å². The topological polar surface area (TPSA) is 65.5 Å². The molecule has 0 bridgehead atoms. The van der Waals surface area contributed by atoms with Gasteiger partial charge in [0, 0.05) is 18.8 Å². The molecule has 2 aromatic rings. The van der Waals surface area contributed by atoms with Crippen molar-refractivity contribution in [2.75, 3.05) is 19.6 Å². The number of carbonyl (C=O) groups excluding carboxylic acids is 1. The Labute approximate surface area is 173 Å². The monoisotopic (exact) mass is 393 g/mol. The van der Waals surface area contributed by atoms with E-state index in [9.17, 15) is 9.90 Å². The molecule has 2 aliphatic rings. The van der Waals surface area contributed by atoms with E-state index in [2.05, 4.69) is 23.5 Å². The number of fused-ring (bicyclic) bond motifs is 1. The number of hydrogen-bond donors (Lipinski definition) is 2. The number of aryl methyl sites for hydroxylation is 1. The van der Waals surface area contributed by atoms with Crippen LogP contribution in [0.1, 0.15) is 60.7 Å².